The third kappa shape index (κ3) is 5.60. The Balaban J connectivity index is 1.31. The van der Waals surface area contributed by atoms with Gasteiger partial charge in [-0.25, -0.2) is 0 Å². The molecule has 2 amide bonds. The summed E-state index contributed by atoms with van der Waals surface area (Å²) in [6.07, 6.45) is -2.59. The van der Waals surface area contributed by atoms with Gasteiger partial charge in [0.25, 0.3) is 17.4 Å². The monoisotopic (exact) mass is 571 g/mol. The fraction of sp³-hybridized carbons (Fsp3) is 0.481. The molecule has 2 heterocycles. The Morgan fingerprint density at radius 2 is 1.68 bits per heavy atom. The van der Waals surface area contributed by atoms with Crippen molar-refractivity contribution in [3.63, 3.8) is 0 Å². The number of aliphatic hydroxyl groups is 1. The summed E-state index contributed by atoms with van der Waals surface area (Å²) < 4.78 is 41.7. The molecule has 6 nitrogen and oxygen atoms in total. The molecule has 2 aromatic carbocycles. The molecule has 4 rings (SSSR count). The van der Waals surface area contributed by atoms with Crippen molar-refractivity contribution in [3.8, 4) is 0 Å². The van der Waals surface area contributed by atoms with E-state index in [0.717, 1.165) is 55.1 Å². The third-order valence-electron chi connectivity index (χ3n) is 7.44. The lowest BCUT2D eigenvalue weighted by Crippen LogP contribution is -2.61. The summed E-state index contributed by atoms with van der Waals surface area (Å²) in [5.74, 6) is -1.06. The molecule has 2 fully saturated rings. The predicted molar refractivity (Wildman–Crippen MR) is 140 cm³/mol. The maximum absolute atomic E-state index is 13.9. The first-order valence-corrected chi connectivity index (χ1v) is 13.2. The van der Waals surface area contributed by atoms with Crippen LogP contribution in [0, 0.1) is 11.8 Å². The van der Waals surface area contributed by atoms with E-state index in [1.807, 2.05) is 6.07 Å². The van der Waals surface area contributed by atoms with Crippen molar-refractivity contribution >= 4 is 40.7 Å². The smallest absolute Gasteiger partial charge is 0.371 e. The normalized spacial score (nSPS) is 18.6. The molecule has 1 N–H and O–H groups in total. The maximum Gasteiger partial charge on any atom is 0.430 e. The number of benzene rings is 2. The zero-order valence-corrected chi connectivity index (χ0v) is 22.7. The number of alkyl halides is 3. The average molecular weight is 572 g/mol. The molecule has 1 unspecified atom stereocenters. The summed E-state index contributed by atoms with van der Waals surface area (Å²) in [5.41, 5.74) is -2.83. The highest BCUT2D eigenvalue weighted by Crippen LogP contribution is 2.43. The lowest BCUT2D eigenvalue weighted by Gasteiger charge is -2.45. The molecule has 2 aromatic rings. The Labute approximate surface area is 229 Å². The van der Waals surface area contributed by atoms with Gasteiger partial charge in [-0.3, -0.25) is 9.59 Å². The molecule has 0 spiro atoms. The third-order valence-corrected chi connectivity index (χ3v) is 7.99. The second kappa shape index (κ2) is 10.9. The molecule has 0 aliphatic carbocycles. The molecule has 0 radical (unpaired) electrons. The van der Waals surface area contributed by atoms with Crippen molar-refractivity contribution < 1.29 is 27.9 Å². The van der Waals surface area contributed by atoms with Gasteiger partial charge in [0.2, 0.25) is 0 Å². The zero-order chi connectivity index (χ0) is 27.8. The largest absolute Gasteiger partial charge is 0.430 e. The number of hydrogen-bond acceptors (Lipinski definition) is 4. The van der Waals surface area contributed by atoms with Crippen LogP contribution in [0.1, 0.15) is 35.2 Å². The minimum absolute atomic E-state index is 0.00562. The van der Waals surface area contributed by atoms with E-state index < -0.39 is 23.2 Å². The first-order valence-electron chi connectivity index (χ1n) is 12.4. The van der Waals surface area contributed by atoms with E-state index in [2.05, 4.69) is 4.90 Å². The molecule has 38 heavy (non-hydrogen) atoms. The van der Waals surface area contributed by atoms with E-state index in [9.17, 15) is 27.9 Å². The fourth-order valence-electron chi connectivity index (χ4n) is 5.25. The molecule has 2 saturated heterocycles. The van der Waals surface area contributed by atoms with Gasteiger partial charge >= 0.3 is 6.18 Å². The van der Waals surface area contributed by atoms with Gasteiger partial charge in [-0.2, -0.15) is 13.2 Å². The maximum atomic E-state index is 13.9. The highest BCUT2D eigenvalue weighted by molar-refractivity contribution is 6.34. The number of amides is 2. The van der Waals surface area contributed by atoms with Crippen molar-refractivity contribution in [2.24, 2.45) is 11.8 Å². The Kier molecular flexibility index (Phi) is 8.21. The lowest BCUT2D eigenvalue weighted by molar-refractivity contribution is -0.264. The topological polar surface area (TPSA) is 64.1 Å². The standard InChI is InChI=1S/C27H30Cl2F3N3O3/c1-33(2)24(36)22-7-6-21(14-23(22)29)34-10-8-17(9-11-34)12-18-15-35(16-18)25(37)26(38,27(30,31)32)19-4-3-5-20(28)13-19/h3-7,13-14,17-18,38H,8-12,15-16H2,1-2H3. The van der Waals surface area contributed by atoms with Crippen LogP contribution in [0.4, 0.5) is 18.9 Å². The van der Waals surface area contributed by atoms with Crippen LogP contribution >= 0.6 is 23.2 Å². The van der Waals surface area contributed by atoms with Crippen molar-refractivity contribution in [1.29, 1.82) is 0 Å². The van der Waals surface area contributed by atoms with Gasteiger partial charge in [-0.05, 0) is 61.4 Å². The van der Waals surface area contributed by atoms with Crippen molar-refractivity contribution in [3.05, 3.63) is 63.6 Å². The molecule has 1 atom stereocenters. The van der Waals surface area contributed by atoms with E-state index in [1.54, 1.807) is 26.2 Å². The van der Waals surface area contributed by atoms with Crippen molar-refractivity contribution in [1.82, 2.24) is 9.80 Å². The van der Waals surface area contributed by atoms with Crippen LogP contribution in [-0.2, 0) is 10.4 Å². The highest BCUT2D eigenvalue weighted by atomic mass is 35.5. The number of rotatable bonds is 6. The number of nitrogens with zero attached hydrogens (tertiary/aromatic N) is 3. The molecule has 0 saturated carbocycles. The van der Waals surface area contributed by atoms with Gasteiger partial charge in [0.15, 0.2) is 0 Å². The number of carbonyl (C=O) groups excluding carboxylic acids is 2. The number of hydrogen-bond donors (Lipinski definition) is 1. The summed E-state index contributed by atoms with van der Waals surface area (Å²) in [6.45, 7) is 1.93. The number of halogens is 5. The van der Waals surface area contributed by atoms with Crippen LogP contribution in [0.25, 0.3) is 0 Å². The van der Waals surface area contributed by atoms with Gasteiger partial charge in [0.1, 0.15) is 0 Å². The van der Waals surface area contributed by atoms with Gasteiger partial charge in [-0.15, -0.1) is 0 Å². The van der Waals surface area contributed by atoms with E-state index in [1.165, 1.54) is 17.0 Å². The average Bonchev–Trinajstić information content (AvgIpc) is 2.84. The van der Waals surface area contributed by atoms with Gasteiger partial charge in [0, 0.05) is 56.5 Å². The fourth-order valence-corrected chi connectivity index (χ4v) is 5.69. The van der Waals surface area contributed by atoms with Crippen molar-refractivity contribution in [2.45, 2.75) is 31.0 Å². The van der Waals surface area contributed by atoms with E-state index >= 15 is 0 Å². The number of piperidine rings is 1. The highest BCUT2D eigenvalue weighted by Gasteiger charge is 2.63. The first kappa shape index (κ1) is 28.5. The van der Waals surface area contributed by atoms with Gasteiger partial charge in [0.05, 0.1) is 10.6 Å². The zero-order valence-electron chi connectivity index (χ0n) is 21.1. The van der Waals surface area contributed by atoms with Crippen molar-refractivity contribution in [2.75, 3.05) is 45.2 Å². The van der Waals surface area contributed by atoms with Crippen LogP contribution < -0.4 is 4.90 Å². The Hall–Kier alpha value is -2.49. The lowest BCUT2D eigenvalue weighted by atomic mass is 9.82. The Bertz CT molecular complexity index is 1200. The molecule has 2 aliphatic rings. The summed E-state index contributed by atoms with van der Waals surface area (Å²) in [5, 5.41) is 11.0. The van der Waals surface area contributed by atoms with Gasteiger partial charge < -0.3 is 19.8 Å². The summed E-state index contributed by atoms with van der Waals surface area (Å²) >= 11 is 12.2. The van der Waals surface area contributed by atoms with E-state index in [0.29, 0.717) is 16.5 Å². The van der Waals surface area contributed by atoms with Crippen LogP contribution in [-0.4, -0.2) is 73.2 Å². The molecule has 0 aromatic heterocycles. The van der Waals surface area contributed by atoms with Crippen LogP contribution in [0.5, 0.6) is 0 Å². The number of likely N-dealkylation sites (tertiary alicyclic amines) is 1. The van der Waals surface area contributed by atoms with Crippen LogP contribution in [0.3, 0.4) is 0 Å². The second-order valence-electron chi connectivity index (χ2n) is 10.3. The minimum Gasteiger partial charge on any atom is -0.371 e. The van der Waals surface area contributed by atoms with Gasteiger partial charge in [-0.1, -0.05) is 35.3 Å². The van der Waals surface area contributed by atoms with E-state index in [-0.39, 0.29) is 29.9 Å². The molecule has 2 aliphatic heterocycles. The summed E-state index contributed by atoms with van der Waals surface area (Å²) in [7, 11) is 3.34. The SMILES string of the molecule is CN(C)C(=O)c1ccc(N2CCC(CC3CN(C(=O)C(O)(c4cccc(Cl)c4)C(F)(F)F)C3)CC2)cc1Cl. The summed E-state index contributed by atoms with van der Waals surface area (Å²) in [4.78, 5) is 29.8. The van der Waals surface area contributed by atoms with Crippen LogP contribution in [0.2, 0.25) is 10.0 Å². The van der Waals surface area contributed by atoms with Crippen LogP contribution in [0.15, 0.2) is 42.5 Å². The first-order chi connectivity index (χ1) is 17.8. The quantitative estimate of drug-likeness (QED) is 0.517. The molecular formula is C27H30Cl2F3N3O3. The number of anilines is 1. The summed E-state index contributed by atoms with van der Waals surface area (Å²) in [6, 6.07) is 10.1. The predicted octanol–water partition coefficient (Wildman–Crippen LogP) is 5.21. The molecular weight excluding hydrogens is 542 g/mol. The molecule has 0 bridgehead atoms. The number of carbonyl (C=O) groups is 2. The molecule has 206 valence electrons. The molecule has 11 heteroatoms. The minimum atomic E-state index is -5.19. The Morgan fingerprint density at radius 3 is 2.24 bits per heavy atom. The Morgan fingerprint density at radius 1 is 1.03 bits per heavy atom. The second-order valence-corrected chi connectivity index (χ2v) is 11.2. The van der Waals surface area contributed by atoms with E-state index in [4.69, 9.17) is 23.2 Å².